The summed E-state index contributed by atoms with van der Waals surface area (Å²) >= 11 is 0. The van der Waals surface area contributed by atoms with E-state index in [2.05, 4.69) is 6.92 Å². The summed E-state index contributed by atoms with van der Waals surface area (Å²) in [5, 5.41) is 18.9. The third-order valence-corrected chi connectivity index (χ3v) is 2.16. The molecule has 2 nitrogen and oxygen atoms in total. The van der Waals surface area contributed by atoms with E-state index in [9.17, 15) is 10.2 Å². The highest BCUT2D eigenvalue weighted by molar-refractivity contribution is 5.45. The van der Waals surface area contributed by atoms with Gasteiger partial charge in [0.2, 0.25) is 0 Å². The number of hydrogen-bond donors (Lipinski definition) is 2. The first-order chi connectivity index (χ1) is 6.15. The van der Waals surface area contributed by atoms with E-state index in [-0.39, 0.29) is 5.75 Å². The number of phenols is 2. The number of benzene rings is 1. The molecule has 0 spiro atoms. The van der Waals surface area contributed by atoms with E-state index in [0.717, 1.165) is 30.4 Å². The smallest absolute Gasteiger partial charge is 0.121 e. The van der Waals surface area contributed by atoms with Crippen molar-refractivity contribution in [2.45, 2.75) is 33.1 Å². The van der Waals surface area contributed by atoms with Crippen molar-refractivity contribution >= 4 is 0 Å². The fourth-order valence-corrected chi connectivity index (χ4v) is 1.39. The maximum atomic E-state index is 9.64. The fourth-order valence-electron chi connectivity index (χ4n) is 1.39. The van der Waals surface area contributed by atoms with Crippen LogP contribution in [0.25, 0.3) is 0 Å². The predicted molar refractivity (Wildman–Crippen MR) is 53.1 cm³/mol. The van der Waals surface area contributed by atoms with Gasteiger partial charge in [0.05, 0.1) is 0 Å². The molecule has 1 rings (SSSR count). The Balaban J connectivity index is 2.92. The van der Waals surface area contributed by atoms with Crippen molar-refractivity contribution in [2.75, 3.05) is 0 Å². The molecule has 72 valence electrons. The van der Waals surface area contributed by atoms with Crippen LogP contribution in [0.5, 0.6) is 11.5 Å². The molecule has 1 aromatic rings. The summed E-state index contributed by atoms with van der Waals surface area (Å²) in [4.78, 5) is 0. The Hall–Kier alpha value is -1.18. The molecule has 13 heavy (non-hydrogen) atoms. The van der Waals surface area contributed by atoms with Crippen molar-refractivity contribution in [1.29, 1.82) is 0 Å². The molecule has 0 heterocycles. The summed E-state index contributed by atoms with van der Waals surface area (Å²) in [6.07, 6.45) is 2.96. The second-order valence-corrected chi connectivity index (χ2v) is 3.37. The highest BCUT2D eigenvalue weighted by atomic mass is 16.3. The molecule has 2 N–H and O–H groups in total. The number of unbranched alkanes of at least 4 members (excludes halogenated alkanes) is 1. The molecule has 2 heteroatoms. The molecule has 0 aliphatic carbocycles. The van der Waals surface area contributed by atoms with Crippen LogP contribution in [0.2, 0.25) is 0 Å². The molecule has 0 aromatic heterocycles. The maximum absolute atomic E-state index is 9.64. The zero-order chi connectivity index (χ0) is 9.84. The van der Waals surface area contributed by atoms with Crippen LogP contribution in [0.4, 0.5) is 0 Å². The van der Waals surface area contributed by atoms with Gasteiger partial charge in [0, 0.05) is 0 Å². The molecule has 0 aliphatic heterocycles. The van der Waals surface area contributed by atoms with Gasteiger partial charge in [-0.25, -0.2) is 0 Å². The molecule has 1 aromatic carbocycles. The van der Waals surface area contributed by atoms with Gasteiger partial charge >= 0.3 is 0 Å². The Kier molecular flexibility index (Phi) is 3.18. The summed E-state index contributed by atoms with van der Waals surface area (Å²) < 4.78 is 0. The van der Waals surface area contributed by atoms with E-state index < -0.39 is 0 Å². The van der Waals surface area contributed by atoms with E-state index in [1.165, 1.54) is 0 Å². The first kappa shape index (κ1) is 9.90. The predicted octanol–water partition coefficient (Wildman–Crippen LogP) is 2.75. The second-order valence-electron chi connectivity index (χ2n) is 3.37. The van der Waals surface area contributed by atoms with Crippen molar-refractivity contribution in [1.82, 2.24) is 0 Å². The van der Waals surface area contributed by atoms with Crippen LogP contribution >= 0.6 is 0 Å². The van der Waals surface area contributed by atoms with Crippen LogP contribution < -0.4 is 0 Å². The Labute approximate surface area is 78.8 Å². The molecule has 0 saturated carbocycles. The van der Waals surface area contributed by atoms with E-state index >= 15 is 0 Å². The van der Waals surface area contributed by atoms with Crippen molar-refractivity contribution in [3.05, 3.63) is 23.3 Å². The number of aryl methyl sites for hydroxylation is 2. The summed E-state index contributed by atoms with van der Waals surface area (Å²) in [7, 11) is 0. The van der Waals surface area contributed by atoms with Gasteiger partial charge < -0.3 is 10.2 Å². The molecule has 0 bridgehead atoms. The van der Waals surface area contributed by atoms with Gasteiger partial charge in [0.15, 0.2) is 0 Å². The van der Waals surface area contributed by atoms with Crippen molar-refractivity contribution in [3.8, 4) is 11.5 Å². The molecular formula is C11H16O2. The van der Waals surface area contributed by atoms with Crippen molar-refractivity contribution in [3.63, 3.8) is 0 Å². The van der Waals surface area contributed by atoms with Crippen molar-refractivity contribution in [2.24, 2.45) is 0 Å². The van der Waals surface area contributed by atoms with Gasteiger partial charge in [-0.05, 0) is 43.0 Å². The normalized spacial score (nSPS) is 10.3. The van der Waals surface area contributed by atoms with Crippen LogP contribution in [-0.2, 0) is 6.42 Å². The SMILES string of the molecule is CCCCc1cc(O)cc(C)c1O. The van der Waals surface area contributed by atoms with E-state index in [1.807, 2.05) is 0 Å². The number of rotatable bonds is 3. The molecule has 0 radical (unpaired) electrons. The minimum absolute atomic E-state index is 0.237. The topological polar surface area (TPSA) is 40.5 Å². The van der Waals surface area contributed by atoms with Crippen LogP contribution in [0.3, 0.4) is 0 Å². The Morgan fingerprint density at radius 3 is 2.54 bits per heavy atom. The Morgan fingerprint density at radius 1 is 1.23 bits per heavy atom. The van der Waals surface area contributed by atoms with E-state index in [1.54, 1.807) is 19.1 Å². The minimum atomic E-state index is 0.237. The Bertz CT molecular complexity index is 292. The third-order valence-electron chi connectivity index (χ3n) is 2.16. The van der Waals surface area contributed by atoms with Gasteiger partial charge in [-0.1, -0.05) is 13.3 Å². The molecule has 0 unspecified atom stereocenters. The summed E-state index contributed by atoms with van der Waals surface area (Å²) in [6.45, 7) is 3.90. The molecule has 0 aliphatic rings. The standard InChI is InChI=1S/C11H16O2/c1-3-4-5-9-7-10(12)6-8(2)11(9)13/h6-7,12-13H,3-5H2,1-2H3. The molecular weight excluding hydrogens is 164 g/mol. The van der Waals surface area contributed by atoms with Gasteiger partial charge in [0.25, 0.3) is 0 Å². The number of aromatic hydroxyl groups is 2. The molecule has 0 fully saturated rings. The van der Waals surface area contributed by atoms with Gasteiger partial charge in [-0.3, -0.25) is 0 Å². The summed E-state index contributed by atoms with van der Waals surface area (Å²) in [5.41, 5.74) is 1.59. The molecule has 0 saturated heterocycles. The summed E-state index contributed by atoms with van der Waals surface area (Å²) in [6, 6.07) is 3.21. The van der Waals surface area contributed by atoms with E-state index in [0.29, 0.717) is 5.75 Å². The average molecular weight is 180 g/mol. The number of phenolic OH excluding ortho intramolecular Hbond substituents is 2. The Morgan fingerprint density at radius 2 is 1.92 bits per heavy atom. The van der Waals surface area contributed by atoms with Gasteiger partial charge in [-0.15, -0.1) is 0 Å². The first-order valence-electron chi connectivity index (χ1n) is 4.66. The van der Waals surface area contributed by atoms with Gasteiger partial charge in [-0.2, -0.15) is 0 Å². The lowest BCUT2D eigenvalue weighted by atomic mass is 10.0. The highest BCUT2D eigenvalue weighted by Gasteiger charge is 2.05. The quantitative estimate of drug-likeness (QED) is 0.702. The zero-order valence-electron chi connectivity index (χ0n) is 8.17. The largest absolute Gasteiger partial charge is 0.508 e. The zero-order valence-corrected chi connectivity index (χ0v) is 8.17. The van der Waals surface area contributed by atoms with Gasteiger partial charge in [0.1, 0.15) is 11.5 Å². The third kappa shape index (κ3) is 2.38. The van der Waals surface area contributed by atoms with Crippen molar-refractivity contribution < 1.29 is 10.2 Å². The molecule has 0 amide bonds. The summed E-state index contributed by atoms with van der Waals surface area (Å²) in [5.74, 6) is 0.563. The monoisotopic (exact) mass is 180 g/mol. The average Bonchev–Trinajstić information content (AvgIpc) is 2.09. The number of hydrogen-bond acceptors (Lipinski definition) is 2. The second kappa shape index (κ2) is 4.17. The molecule has 0 atom stereocenters. The fraction of sp³-hybridized carbons (Fsp3) is 0.455. The van der Waals surface area contributed by atoms with Crippen LogP contribution in [0, 0.1) is 6.92 Å². The lowest BCUT2D eigenvalue weighted by Gasteiger charge is -2.07. The lowest BCUT2D eigenvalue weighted by molar-refractivity contribution is 0.449. The minimum Gasteiger partial charge on any atom is -0.508 e. The van der Waals surface area contributed by atoms with Crippen LogP contribution in [0.1, 0.15) is 30.9 Å². The van der Waals surface area contributed by atoms with Crippen LogP contribution in [-0.4, -0.2) is 10.2 Å². The highest BCUT2D eigenvalue weighted by Crippen LogP contribution is 2.28. The first-order valence-corrected chi connectivity index (χ1v) is 4.66. The lowest BCUT2D eigenvalue weighted by Crippen LogP contribution is -1.88. The maximum Gasteiger partial charge on any atom is 0.121 e. The van der Waals surface area contributed by atoms with Crippen LogP contribution in [0.15, 0.2) is 12.1 Å². The van der Waals surface area contributed by atoms with E-state index in [4.69, 9.17) is 0 Å².